The summed E-state index contributed by atoms with van der Waals surface area (Å²) in [6.45, 7) is 1.49. The summed E-state index contributed by atoms with van der Waals surface area (Å²) in [6.07, 6.45) is -9.93. The van der Waals surface area contributed by atoms with E-state index in [4.69, 9.17) is 5.11 Å². The fourth-order valence-electron chi connectivity index (χ4n) is 2.19. The number of carbonyl (C=O) groups is 1. The zero-order valence-corrected chi connectivity index (χ0v) is 12.1. The van der Waals surface area contributed by atoms with E-state index in [0.717, 1.165) is 6.07 Å². The average molecular weight is 348 g/mol. The van der Waals surface area contributed by atoms with Crippen molar-refractivity contribution in [3.63, 3.8) is 0 Å². The van der Waals surface area contributed by atoms with Crippen molar-refractivity contribution in [2.24, 2.45) is 0 Å². The minimum absolute atomic E-state index is 0.0252. The quantitative estimate of drug-likeness (QED) is 0.738. The highest BCUT2D eigenvalue weighted by Gasteiger charge is 2.37. The van der Waals surface area contributed by atoms with Gasteiger partial charge in [0.15, 0.2) is 0 Å². The monoisotopic (exact) mass is 348 g/mol. The molecule has 0 spiro atoms. The molecule has 24 heavy (non-hydrogen) atoms. The minimum atomic E-state index is -4.96. The van der Waals surface area contributed by atoms with Gasteiger partial charge in [0.05, 0.1) is 16.7 Å². The summed E-state index contributed by atoms with van der Waals surface area (Å²) >= 11 is 0. The van der Waals surface area contributed by atoms with E-state index in [1.807, 2.05) is 0 Å². The third kappa shape index (κ3) is 3.87. The Bertz CT molecular complexity index is 758. The highest BCUT2D eigenvalue weighted by molar-refractivity contribution is 5.89. The number of benzene rings is 2. The largest absolute Gasteiger partial charge is 0.478 e. The molecule has 0 aliphatic heterocycles. The van der Waals surface area contributed by atoms with Crippen LogP contribution in [0, 0.1) is 6.92 Å². The Labute approximate surface area is 132 Å². The summed E-state index contributed by atoms with van der Waals surface area (Å²) in [5, 5.41) is 8.99. The van der Waals surface area contributed by atoms with Gasteiger partial charge in [-0.15, -0.1) is 0 Å². The maximum atomic E-state index is 12.9. The van der Waals surface area contributed by atoms with Crippen molar-refractivity contribution in [3.8, 4) is 11.1 Å². The lowest BCUT2D eigenvalue weighted by Crippen LogP contribution is -2.11. The number of carboxylic acids is 1. The summed E-state index contributed by atoms with van der Waals surface area (Å²) in [5.41, 5.74) is -3.13. The number of hydrogen-bond acceptors (Lipinski definition) is 1. The molecule has 0 bridgehead atoms. The summed E-state index contributed by atoms with van der Waals surface area (Å²) in [5.74, 6) is -1.33. The molecule has 8 heteroatoms. The van der Waals surface area contributed by atoms with E-state index in [2.05, 4.69) is 0 Å². The fraction of sp³-hybridized carbons (Fsp3) is 0.188. The molecule has 0 amide bonds. The lowest BCUT2D eigenvalue weighted by Gasteiger charge is -2.15. The number of alkyl halides is 6. The number of hydrogen-bond donors (Lipinski definition) is 1. The first-order chi connectivity index (χ1) is 10.9. The molecule has 0 fully saturated rings. The van der Waals surface area contributed by atoms with Crippen LogP contribution in [0.15, 0.2) is 36.4 Å². The molecule has 0 saturated carbocycles. The van der Waals surface area contributed by atoms with Gasteiger partial charge in [-0.05, 0) is 53.9 Å². The number of aryl methyl sites for hydroxylation is 1. The van der Waals surface area contributed by atoms with E-state index in [1.165, 1.54) is 19.1 Å². The summed E-state index contributed by atoms with van der Waals surface area (Å²) < 4.78 is 77.3. The molecule has 0 aliphatic rings. The van der Waals surface area contributed by atoms with Crippen molar-refractivity contribution in [2.45, 2.75) is 19.3 Å². The smallest absolute Gasteiger partial charge is 0.416 e. The Morgan fingerprint density at radius 2 is 1.25 bits per heavy atom. The lowest BCUT2D eigenvalue weighted by atomic mass is 9.96. The second kappa shape index (κ2) is 5.85. The van der Waals surface area contributed by atoms with Crippen LogP contribution in [0.5, 0.6) is 0 Å². The highest BCUT2D eigenvalue weighted by Crippen LogP contribution is 2.38. The molecule has 2 nitrogen and oxygen atoms in total. The van der Waals surface area contributed by atoms with Crippen LogP contribution < -0.4 is 0 Å². The van der Waals surface area contributed by atoms with Crippen LogP contribution in [0.4, 0.5) is 26.3 Å². The van der Waals surface area contributed by atoms with Gasteiger partial charge < -0.3 is 5.11 Å². The first-order valence-corrected chi connectivity index (χ1v) is 6.53. The first kappa shape index (κ1) is 17.8. The third-order valence-corrected chi connectivity index (χ3v) is 3.25. The molecule has 2 rings (SSSR count). The zero-order valence-electron chi connectivity index (χ0n) is 12.1. The second-order valence-corrected chi connectivity index (χ2v) is 5.19. The van der Waals surface area contributed by atoms with Gasteiger partial charge in [-0.25, -0.2) is 4.79 Å². The van der Waals surface area contributed by atoms with Crippen molar-refractivity contribution in [3.05, 3.63) is 58.7 Å². The molecule has 128 valence electrons. The van der Waals surface area contributed by atoms with Crippen molar-refractivity contribution in [1.82, 2.24) is 0 Å². The predicted octanol–water partition coefficient (Wildman–Crippen LogP) is 5.40. The van der Waals surface area contributed by atoms with Crippen molar-refractivity contribution in [2.75, 3.05) is 0 Å². The molecule has 0 aromatic heterocycles. The molecular formula is C16H10F6O2. The number of rotatable bonds is 2. The van der Waals surface area contributed by atoms with Crippen LogP contribution in [0.1, 0.15) is 27.0 Å². The van der Waals surface area contributed by atoms with E-state index in [1.54, 1.807) is 0 Å². The Morgan fingerprint density at radius 3 is 1.67 bits per heavy atom. The Balaban J connectivity index is 2.72. The van der Waals surface area contributed by atoms with E-state index < -0.39 is 29.4 Å². The number of aromatic carboxylic acids is 1. The molecule has 0 aliphatic carbocycles. The van der Waals surface area contributed by atoms with E-state index in [-0.39, 0.29) is 22.8 Å². The SMILES string of the molecule is Cc1cc(C(=O)O)cc(-c2cc(C(F)(F)F)cc(C(F)(F)F)c2)c1. The van der Waals surface area contributed by atoms with Crippen molar-refractivity contribution >= 4 is 5.97 Å². The molecule has 0 saturated heterocycles. The molecule has 2 aromatic carbocycles. The maximum Gasteiger partial charge on any atom is 0.416 e. The maximum absolute atomic E-state index is 12.9. The van der Waals surface area contributed by atoms with E-state index in [0.29, 0.717) is 17.7 Å². The molecule has 2 aromatic rings. The highest BCUT2D eigenvalue weighted by atomic mass is 19.4. The summed E-state index contributed by atoms with van der Waals surface area (Å²) in [6, 6.07) is 4.78. The van der Waals surface area contributed by atoms with Gasteiger partial charge in [0.1, 0.15) is 0 Å². The van der Waals surface area contributed by atoms with Crippen LogP contribution in [0.25, 0.3) is 11.1 Å². The summed E-state index contributed by atoms with van der Waals surface area (Å²) in [7, 11) is 0. The average Bonchev–Trinajstić information content (AvgIpc) is 2.44. The van der Waals surface area contributed by atoms with Crippen LogP contribution >= 0.6 is 0 Å². The van der Waals surface area contributed by atoms with Gasteiger partial charge in [-0.3, -0.25) is 0 Å². The van der Waals surface area contributed by atoms with Crippen LogP contribution in [0.2, 0.25) is 0 Å². The Hall–Kier alpha value is -2.51. The first-order valence-electron chi connectivity index (χ1n) is 6.53. The minimum Gasteiger partial charge on any atom is -0.478 e. The van der Waals surface area contributed by atoms with Gasteiger partial charge in [-0.1, -0.05) is 6.07 Å². The van der Waals surface area contributed by atoms with Crippen molar-refractivity contribution < 1.29 is 36.2 Å². The Morgan fingerprint density at radius 1 is 0.792 bits per heavy atom. The molecular weight excluding hydrogens is 338 g/mol. The van der Waals surface area contributed by atoms with Gasteiger partial charge in [-0.2, -0.15) is 26.3 Å². The van der Waals surface area contributed by atoms with Crippen LogP contribution in [0.3, 0.4) is 0 Å². The van der Waals surface area contributed by atoms with Gasteiger partial charge in [0.2, 0.25) is 0 Å². The van der Waals surface area contributed by atoms with Crippen molar-refractivity contribution in [1.29, 1.82) is 0 Å². The lowest BCUT2D eigenvalue weighted by molar-refractivity contribution is -0.143. The number of halogens is 6. The van der Waals surface area contributed by atoms with Crippen LogP contribution in [-0.4, -0.2) is 11.1 Å². The van der Waals surface area contributed by atoms with E-state index >= 15 is 0 Å². The second-order valence-electron chi connectivity index (χ2n) is 5.19. The molecule has 0 atom stereocenters. The predicted molar refractivity (Wildman–Crippen MR) is 73.6 cm³/mol. The van der Waals surface area contributed by atoms with Gasteiger partial charge >= 0.3 is 18.3 Å². The third-order valence-electron chi connectivity index (χ3n) is 3.25. The standard InChI is InChI=1S/C16H10F6O2/c1-8-2-9(4-11(3-8)14(23)24)10-5-12(15(17,18)19)7-13(6-10)16(20,21)22/h2-7H,1H3,(H,23,24). The molecule has 0 unspecified atom stereocenters. The zero-order chi connectivity index (χ0) is 18.3. The fourth-order valence-corrected chi connectivity index (χ4v) is 2.19. The van der Waals surface area contributed by atoms with Gasteiger partial charge in [0, 0.05) is 0 Å². The van der Waals surface area contributed by atoms with Crippen LogP contribution in [-0.2, 0) is 12.4 Å². The molecule has 0 heterocycles. The number of carboxylic acid groups (broad SMARTS) is 1. The van der Waals surface area contributed by atoms with E-state index in [9.17, 15) is 31.1 Å². The molecule has 1 N–H and O–H groups in total. The normalized spacial score (nSPS) is 12.3. The summed E-state index contributed by atoms with van der Waals surface area (Å²) in [4.78, 5) is 11.0. The van der Waals surface area contributed by atoms with Gasteiger partial charge in [0.25, 0.3) is 0 Å². The Kier molecular flexibility index (Phi) is 4.34. The molecule has 0 radical (unpaired) electrons. The topological polar surface area (TPSA) is 37.3 Å².